The predicted octanol–water partition coefficient (Wildman–Crippen LogP) is 3.37. The normalized spacial score (nSPS) is 13.8. The largest absolute Gasteiger partial charge is 0.432 e. The highest BCUT2D eigenvalue weighted by molar-refractivity contribution is 5.89. The number of carbonyl (C=O) groups excluding carboxylic acids is 1. The summed E-state index contributed by atoms with van der Waals surface area (Å²) in [7, 11) is 0. The van der Waals surface area contributed by atoms with E-state index in [0.29, 0.717) is 12.2 Å². The van der Waals surface area contributed by atoms with Crippen molar-refractivity contribution < 1.29 is 19.0 Å². The smallest absolute Gasteiger partial charge is 0.340 e. The third-order valence-corrected chi connectivity index (χ3v) is 2.52. The van der Waals surface area contributed by atoms with Gasteiger partial charge in [-0.2, -0.15) is 0 Å². The first kappa shape index (κ1) is 15.7. The third-order valence-electron chi connectivity index (χ3n) is 2.52. The van der Waals surface area contributed by atoms with Gasteiger partial charge in [0.15, 0.2) is 6.29 Å². The Labute approximate surface area is 114 Å². The van der Waals surface area contributed by atoms with Gasteiger partial charge in [-0.15, -0.1) is 0 Å². The average molecular weight is 266 g/mol. The van der Waals surface area contributed by atoms with Crippen molar-refractivity contribution in [2.45, 2.75) is 46.2 Å². The van der Waals surface area contributed by atoms with Crippen molar-refractivity contribution in [2.24, 2.45) is 0 Å². The molecule has 0 spiro atoms. The van der Waals surface area contributed by atoms with Gasteiger partial charge in [-0.3, -0.25) is 0 Å². The molecule has 0 N–H and O–H groups in total. The van der Waals surface area contributed by atoms with Crippen molar-refractivity contribution in [3.63, 3.8) is 0 Å². The molecule has 0 aliphatic heterocycles. The van der Waals surface area contributed by atoms with E-state index in [4.69, 9.17) is 14.2 Å². The molecule has 0 aliphatic rings. The molecule has 1 aromatic carbocycles. The molecule has 0 bridgehead atoms. The topological polar surface area (TPSA) is 44.8 Å². The first-order valence-corrected chi connectivity index (χ1v) is 6.66. The van der Waals surface area contributed by atoms with E-state index in [1.807, 2.05) is 6.07 Å². The van der Waals surface area contributed by atoms with E-state index < -0.39 is 12.3 Å². The Morgan fingerprint density at radius 2 is 1.84 bits per heavy atom. The Morgan fingerprint density at radius 1 is 1.16 bits per heavy atom. The van der Waals surface area contributed by atoms with Crippen LogP contribution >= 0.6 is 0 Å². The molecule has 4 nitrogen and oxygen atoms in total. The summed E-state index contributed by atoms with van der Waals surface area (Å²) in [6.07, 6.45) is 1.05. The van der Waals surface area contributed by atoms with Crippen LogP contribution in [0.1, 0.15) is 44.0 Å². The summed E-state index contributed by atoms with van der Waals surface area (Å²) in [4.78, 5) is 11.8. The molecule has 2 atom stereocenters. The summed E-state index contributed by atoms with van der Waals surface area (Å²) in [5.74, 6) is -0.395. The Hall–Kier alpha value is -1.39. The van der Waals surface area contributed by atoms with Crippen LogP contribution in [0.5, 0.6) is 0 Å². The molecule has 0 aliphatic carbocycles. The fourth-order valence-electron chi connectivity index (χ4n) is 1.52. The number of benzene rings is 1. The second-order valence-corrected chi connectivity index (χ2v) is 4.27. The van der Waals surface area contributed by atoms with Gasteiger partial charge in [0, 0.05) is 6.61 Å². The molecule has 0 saturated heterocycles. The minimum Gasteiger partial charge on any atom is -0.432 e. The van der Waals surface area contributed by atoms with Crippen LogP contribution in [0.15, 0.2) is 30.3 Å². The zero-order valence-corrected chi connectivity index (χ0v) is 11.8. The molecule has 0 saturated carbocycles. The molecule has 0 fully saturated rings. The summed E-state index contributed by atoms with van der Waals surface area (Å²) in [5, 5.41) is 0. The van der Waals surface area contributed by atoms with Gasteiger partial charge in [0.2, 0.25) is 6.29 Å². The third kappa shape index (κ3) is 6.36. The highest BCUT2D eigenvalue weighted by Crippen LogP contribution is 2.07. The standard InChI is InChI=1S/C15H22O4/c1-4-5-11-17-12(2)18-13(3)19-15(16)14-9-7-6-8-10-14/h6-10,12-13H,4-5,11H2,1-3H3. The van der Waals surface area contributed by atoms with Crippen LogP contribution in [0.4, 0.5) is 0 Å². The maximum Gasteiger partial charge on any atom is 0.340 e. The summed E-state index contributed by atoms with van der Waals surface area (Å²) >= 11 is 0. The Bertz CT molecular complexity index is 364. The minimum absolute atomic E-state index is 0.384. The lowest BCUT2D eigenvalue weighted by Crippen LogP contribution is -2.25. The molecular formula is C15H22O4. The molecule has 106 valence electrons. The number of unbranched alkanes of at least 4 members (excludes halogenated alkanes) is 1. The molecule has 0 radical (unpaired) electrons. The van der Waals surface area contributed by atoms with Gasteiger partial charge in [0.05, 0.1) is 5.56 Å². The number of carbonyl (C=O) groups is 1. The van der Waals surface area contributed by atoms with Gasteiger partial charge >= 0.3 is 5.97 Å². The van der Waals surface area contributed by atoms with Crippen LogP contribution in [0.2, 0.25) is 0 Å². The zero-order valence-electron chi connectivity index (χ0n) is 11.8. The molecule has 0 amide bonds. The van der Waals surface area contributed by atoms with Crippen LogP contribution in [0, 0.1) is 0 Å². The SMILES string of the molecule is CCCCOC(C)OC(C)OC(=O)c1ccccc1. The van der Waals surface area contributed by atoms with Crippen LogP contribution in [-0.2, 0) is 14.2 Å². The molecule has 1 rings (SSSR count). The van der Waals surface area contributed by atoms with E-state index in [-0.39, 0.29) is 6.29 Å². The van der Waals surface area contributed by atoms with Crippen molar-refractivity contribution in [2.75, 3.05) is 6.61 Å². The number of esters is 1. The zero-order chi connectivity index (χ0) is 14.1. The molecular weight excluding hydrogens is 244 g/mol. The molecule has 19 heavy (non-hydrogen) atoms. The Morgan fingerprint density at radius 3 is 2.47 bits per heavy atom. The quantitative estimate of drug-likeness (QED) is 0.411. The van der Waals surface area contributed by atoms with Crippen molar-refractivity contribution >= 4 is 5.97 Å². The van der Waals surface area contributed by atoms with Gasteiger partial charge in [0.1, 0.15) is 0 Å². The lowest BCUT2D eigenvalue weighted by molar-refractivity contribution is -0.213. The number of hydrogen-bond donors (Lipinski definition) is 0. The lowest BCUT2D eigenvalue weighted by Gasteiger charge is -2.19. The van der Waals surface area contributed by atoms with Crippen molar-refractivity contribution in [1.82, 2.24) is 0 Å². The maximum absolute atomic E-state index is 11.8. The fourth-order valence-corrected chi connectivity index (χ4v) is 1.52. The van der Waals surface area contributed by atoms with Crippen molar-refractivity contribution in [3.05, 3.63) is 35.9 Å². The van der Waals surface area contributed by atoms with E-state index in [0.717, 1.165) is 12.8 Å². The summed E-state index contributed by atoms with van der Waals surface area (Å²) in [6, 6.07) is 8.84. The van der Waals surface area contributed by atoms with E-state index in [1.54, 1.807) is 38.1 Å². The lowest BCUT2D eigenvalue weighted by atomic mass is 10.2. The minimum atomic E-state index is -0.635. The molecule has 0 aromatic heterocycles. The summed E-state index contributed by atoms with van der Waals surface area (Å²) in [6.45, 7) is 6.22. The summed E-state index contributed by atoms with van der Waals surface area (Å²) < 4.78 is 16.0. The van der Waals surface area contributed by atoms with Gasteiger partial charge in [0.25, 0.3) is 0 Å². The molecule has 1 aromatic rings. The Kier molecular flexibility index (Phi) is 7.15. The van der Waals surface area contributed by atoms with Crippen LogP contribution in [0.3, 0.4) is 0 Å². The highest BCUT2D eigenvalue weighted by Gasteiger charge is 2.14. The van der Waals surface area contributed by atoms with Gasteiger partial charge in [-0.25, -0.2) is 4.79 Å². The average Bonchev–Trinajstić information content (AvgIpc) is 2.39. The first-order chi connectivity index (χ1) is 9.13. The molecule has 0 heterocycles. The van der Waals surface area contributed by atoms with Gasteiger partial charge < -0.3 is 14.2 Å². The second kappa shape index (κ2) is 8.67. The van der Waals surface area contributed by atoms with Crippen LogP contribution in [-0.4, -0.2) is 25.2 Å². The first-order valence-electron chi connectivity index (χ1n) is 6.66. The van der Waals surface area contributed by atoms with Crippen molar-refractivity contribution in [1.29, 1.82) is 0 Å². The number of rotatable bonds is 8. The molecule has 2 unspecified atom stereocenters. The molecule has 4 heteroatoms. The van der Waals surface area contributed by atoms with Crippen LogP contribution < -0.4 is 0 Å². The van der Waals surface area contributed by atoms with Crippen molar-refractivity contribution in [3.8, 4) is 0 Å². The number of ether oxygens (including phenoxy) is 3. The fraction of sp³-hybridized carbons (Fsp3) is 0.533. The van der Waals surface area contributed by atoms with E-state index in [1.165, 1.54) is 0 Å². The monoisotopic (exact) mass is 266 g/mol. The predicted molar refractivity (Wildman–Crippen MR) is 72.7 cm³/mol. The van der Waals surface area contributed by atoms with E-state index in [2.05, 4.69) is 6.92 Å². The van der Waals surface area contributed by atoms with Gasteiger partial charge in [-0.1, -0.05) is 31.5 Å². The van der Waals surface area contributed by atoms with Crippen LogP contribution in [0.25, 0.3) is 0 Å². The van der Waals surface area contributed by atoms with E-state index >= 15 is 0 Å². The summed E-state index contributed by atoms with van der Waals surface area (Å²) in [5.41, 5.74) is 0.512. The number of hydrogen-bond acceptors (Lipinski definition) is 4. The highest BCUT2D eigenvalue weighted by atomic mass is 16.8. The maximum atomic E-state index is 11.8. The van der Waals surface area contributed by atoms with E-state index in [9.17, 15) is 4.79 Å². The second-order valence-electron chi connectivity index (χ2n) is 4.27. The Balaban J connectivity index is 2.30. The van der Waals surface area contributed by atoms with Gasteiger partial charge in [-0.05, 0) is 32.4 Å².